The summed E-state index contributed by atoms with van der Waals surface area (Å²) in [6.45, 7) is 5.45. The molecular formula is C10H16O3. The van der Waals surface area contributed by atoms with Gasteiger partial charge in [0, 0.05) is 5.57 Å². The lowest BCUT2D eigenvalue weighted by atomic mass is 9.71. The zero-order valence-electron chi connectivity index (χ0n) is 8.24. The maximum Gasteiger partial charge on any atom is 0.148 e. The second kappa shape index (κ2) is 3.24. The Morgan fingerprint density at radius 3 is 2.46 bits per heavy atom. The summed E-state index contributed by atoms with van der Waals surface area (Å²) >= 11 is 0. The molecule has 0 heterocycles. The van der Waals surface area contributed by atoms with Gasteiger partial charge in [-0.2, -0.15) is 0 Å². The van der Waals surface area contributed by atoms with Gasteiger partial charge in [-0.15, -0.1) is 0 Å². The van der Waals surface area contributed by atoms with E-state index in [0.717, 1.165) is 0 Å². The molecular weight excluding hydrogens is 168 g/mol. The van der Waals surface area contributed by atoms with Crippen LogP contribution in [-0.4, -0.2) is 28.7 Å². The molecule has 0 aliphatic heterocycles. The normalized spacial score (nSPS) is 33.3. The number of carbonyl (C=O) groups excluding carboxylic acids is 1. The fourth-order valence-corrected chi connectivity index (χ4v) is 1.90. The summed E-state index contributed by atoms with van der Waals surface area (Å²) in [5.74, 6) is 0. The smallest absolute Gasteiger partial charge is 0.148 e. The van der Waals surface area contributed by atoms with E-state index in [-0.39, 0.29) is 5.41 Å². The summed E-state index contributed by atoms with van der Waals surface area (Å²) in [6, 6.07) is 0. The van der Waals surface area contributed by atoms with E-state index in [4.69, 9.17) is 0 Å². The van der Waals surface area contributed by atoms with E-state index in [2.05, 4.69) is 0 Å². The highest BCUT2D eigenvalue weighted by Crippen LogP contribution is 2.38. The van der Waals surface area contributed by atoms with E-state index in [1.165, 1.54) is 0 Å². The van der Waals surface area contributed by atoms with Crippen LogP contribution in [0.4, 0.5) is 0 Å². The molecule has 3 nitrogen and oxygen atoms in total. The minimum atomic E-state index is -0.726. The van der Waals surface area contributed by atoms with Crippen molar-refractivity contribution in [1.29, 1.82) is 0 Å². The number of carbonyl (C=O) groups is 1. The maximum atomic E-state index is 10.6. The zero-order valence-corrected chi connectivity index (χ0v) is 8.24. The lowest BCUT2D eigenvalue weighted by Crippen LogP contribution is -2.40. The maximum absolute atomic E-state index is 10.6. The predicted octanol–water partition coefficient (Wildman–Crippen LogP) is 0.653. The van der Waals surface area contributed by atoms with Gasteiger partial charge in [0.2, 0.25) is 0 Å². The van der Waals surface area contributed by atoms with Crippen LogP contribution in [0.5, 0.6) is 0 Å². The van der Waals surface area contributed by atoms with Gasteiger partial charge >= 0.3 is 0 Å². The molecule has 3 heteroatoms. The van der Waals surface area contributed by atoms with E-state index >= 15 is 0 Å². The second-order valence-electron chi connectivity index (χ2n) is 4.37. The Balaban J connectivity index is 3.10. The third-order valence-corrected chi connectivity index (χ3v) is 2.81. The molecule has 2 N–H and O–H groups in total. The molecule has 1 aliphatic carbocycles. The first kappa shape index (κ1) is 10.4. The average molecular weight is 184 g/mol. The van der Waals surface area contributed by atoms with E-state index in [0.29, 0.717) is 23.9 Å². The molecule has 74 valence electrons. The van der Waals surface area contributed by atoms with Gasteiger partial charge < -0.3 is 10.2 Å². The van der Waals surface area contributed by atoms with Crippen LogP contribution in [-0.2, 0) is 4.79 Å². The molecule has 0 spiro atoms. The van der Waals surface area contributed by atoms with Gasteiger partial charge in [-0.25, -0.2) is 0 Å². The Morgan fingerprint density at radius 2 is 2.00 bits per heavy atom. The molecule has 2 unspecified atom stereocenters. The fraction of sp³-hybridized carbons (Fsp3) is 0.700. The standard InChI is InChI=1S/C10H16O3/c1-6-7(5-11)8(12)4-10(2,3)9(6)13/h5,8-9,12-13H,4H2,1-3H3. The van der Waals surface area contributed by atoms with Crippen molar-refractivity contribution < 1.29 is 15.0 Å². The summed E-state index contributed by atoms with van der Waals surface area (Å²) in [6.07, 6.45) is -0.287. The van der Waals surface area contributed by atoms with Crippen molar-refractivity contribution in [3.8, 4) is 0 Å². The molecule has 0 aromatic carbocycles. The van der Waals surface area contributed by atoms with E-state index in [9.17, 15) is 15.0 Å². The molecule has 0 aromatic rings. The molecule has 0 aromatic heterocycles. The van der Waals surface area contributed by atoms with Crippen LogP contribution >= 0.6 is 0 Å². The van der Waals surface area contributed by atoms with Crippen LogP contribution in [0.25, 0.3) is 0 Å². The predicted molar refractivity (Wildman–Crippen MR) is 49.2 cm³/mol. The molecule has 1 rings (SSSR count). The SMILES string of the molecule is CC1=C(C=O)C(O)CC(C)(C)C1O. The molecule has 0 fully saturated rings. The summed E-state index contributed by atoms with van der Waals surface area (Å²) < 4.78 is 0. The van der Waals surface area contributed by atoms with Crippen molar-refractivity contribution in [3.63, 3.8) is 0 Å². The number of hydrogen-bond acceptors (Lipinski definition) is 3. The Hall–Kier alpha value is -0.670. The van der Waals surface area contributed by atoms with Gasteiger partial charge in [0.1, 0.15) is 6.29 Å². The Bertz CT molecular complexity index is 253. The van der Waals surface area contributed by atoms with Crippen LogP contribution in [0.3, 0.4) is 0 Å². The monoisotopic (exact) mass is 184 g/mol. The van der Waals surface area contributed by atoms with E-state index in [1.807, 2.05) is 13.8 Å². The molecule has 0 amide bonds. The first-order chi connectivity index (χ1) is 5.90. The van der Waals surface area contributed by atoms with Crippen LogP contribution in [0.2, 0.25) is 0 Å². The van der Waals surface area contributed by atoms with Crippen LogP contribution < -0.4 is 0 Å². The summed E-state index contributed by atoms with van der Waals surface area (Å²) in [5.41, 5.74) is 0.585. The quantitative estimate of drug-likeness (QED) is 0.588. The lowest BCUT2D eigenvalue weighted by molar-refractivity contribution is -0.106. The van der Waals surface area contributed by atoms with Crippen molar-refractivity contribution in [3.05, 3.63) is 11.1 Å². The number of hydrogen-bond donors (Lipinski definition) is 2. The van der Waals surface area contributed by atoms with Gasteiger partial charge in [-0.3, -0.25) is 4.79 Å². The van der Waals surface area contributed by atoms with Gasteiger partial charge in [0.05, 0.1) is 12.2 Å². The largest absolute Gasteiger partial charge is 0.388 e. The highest BCUT2D eigenvalue weighted by molar-refractivity contribution is 5.76. The number of aliphatic hydroxyl groups is 2. The number of rotatable bonds is 1. The number of aliphatic hydroxyl groups excluding tert-OH is 2. The number of aldehydes is 1. The molecule has 0 saturated heterocycles. The third kappa shape index (κ3) is 1.67. The van der Waals surface area contributed by atoms with Crippen molar-refractivity contribution in [2.75, 3.05) is 0 Å². The molecule has 2 atom stereocenters. The van der Waals surface area contributed by atoms with Crippen molar-refractivity contribution in [2.24, 2.45) is 5.41 Å². The fourth-order valence-electron chi connectivity index (χ4n) is 1.90. The summed E-state index contributed by atoms with van der Waals surface area (Å²) in [7, 11) is 0. The molecule has 13 heavy (non-hydrogen) atoms. The van der Waals surface area contributed by atoms with Gasteiger partial charge in [0.15, 0.2) is 0 Å². The topological polar surface area (TPSA) is 57.5 Å². The van der Waals surface area contributed by atoms with Crippen LogP contribution in [0.15, 0.2) is 11.1 Å². The van der Waals surface area contributed by atoms with Crippen molar-refractivity contribution in [1.82, 2.24) is 0 Å². The van der Waals surface area contributed by atoms with E-state index < -0.39 is 12.2 Å². The highest BCUT2D eigenvalue weighted by atomic mass is 16.3. The summed E-state index contributed by atoms with van der Waals surface area (Å²) in [5, 5.41) is 19.4. The first-order valence-corrected chi connectivity index (χ1v) is 4.42. The lowest BCUT2D eigenvalue weighted by Gasteiger charge is -2.38. The van der Waals surface area contributed by atoms with Crippen molar-refractivity contribution >= 4 is 6.29 Å². The Morgan fingerprint density at radius 1 is 1.46 bits per heavy atom. The molecule has 0 saturated carbocycles. The zero-order chi connectivity index (χ0) is 10.2. The van der Waals surface area contributed by atoms with Gasteiger partial charge in [-0.05, 0) is 24.3 Å². The van der Waals surface area contributed by atoms with Gasteiger partial charge in [0.25, 0.3) is 0 Å². The Labute approximate surface area is 78.1 Å². The third-order valence-electron chi connectivity index (χ3n) is 2.81. The van der Waals surface area contributed by atoms with Crippen LogP contribution in [0.1, 0.15) is 27.2 Å². The van der Waals surface area contributed by atoms with E-state index in [1.54, 1.807) is 6.92 Å². The van der Waals surface area contributed by atoms with Gasteiger partial charge in [-0.1, -0.05) is 13.8 Å². The Kier molecular flexibility index (Phi) is 2.59. The molecule has 0 bridgehead atoms. The van der Waals surface area contributed by atoms with Crippen LogP contribution in [0, 0.1) is 5.41 Å². The minimum absolute atomic E-state index is 0.340. The first-order valence-electron chi connectivity index (χ1n) is 4.42. The highest BCUT2D eigenvalue weighted by Gasteiger charge is 2.38. The second-order valence-corrected chi connectivity index (χ2v) is 4.37. The minimum Gasteiger partial charge on any atom is -0.388 e. The molecule has 1 aliphatic rings. The summed E-state index contributed by atoms with van der Waals surface area (Å²) in [4.78, 5) is 10.6. The van der Waals surface area contributed by atoms with Crippen molar-refractivity contribution in [2.45, 2.75) is 39.4 Å². The average Bonchev–Trinajstić information content (AvgIpc) is 2.01. The molecule has 0 radical (unpaired) electrons.